The summed E-state index contributed by atoms with van der Waals surface area (Å²) in [6.45, 7) is 11.1. The van der Waals surface area contributed by atoms with E-state index in [9.17, 15) is 54.3 Å². The number of aliphatic imine (C=N–C) groups is 2. The lowest BCUT2D eigenvalue weighted by atomic mass is 9.75. The van der Waals surface area contributed by atoms with Crippen LogP contribution in [0.15, 0.2) is 132 Å². The number of aryl methyl sites for hydroxylation is 2. The lowest BCUT2D eigenvalue weighted by molar-refractivity contribution is -0.149. The Balaban J connectivity index is 0.000000233. The van der Waals surface area contributed by atoms with Gasteiger partial charge < -0.3 is 20.9 Å². The standard InChI is InChI=1S/2C34H37ClF4N8O3/c2*1-19(29(36)37)12-28(48)50-16-27(22-8-11-25(35)26(13-22)47-20(2)41-18-43-47)46-30(49)34(44-32(46)40,17-33(3,4)5)24-9-6-21(7-10-24)23-14-42-45(15-23)31(38)39/h2*6-11,13-15,18-19,27,29,31H,12,16-17H2,1-5H3,(H2,40,44)/t19-,27+,34+;19-,27-,34-/m01/s1. The quantitative estimate of drug-likeness (QED) is 0.0421. The Morgan fingerprint density at radius 3 is 1.17 bits per heavy atom. The van der Waals surface area contributed by atoms with Crippen molar-refractivity contribution < 1.29 is 63.8 Å². The molecule has 6 atom stereocenters. The van der Waals surface area contributed by atoms with Gasteiger partial charge in [-0.2, -0.15) is 38.0 Å². The molecular weight excluding hydrogens is 1360 g/mol. The van der Waals surface area contributed by atoms with E-state index >= 15 is 0 Å². The summed E-state index contributed by atoms with van der Waals surface area (Å²) in [6, 6.07) is 21.1. The number of ether oxygens (including phenoxy) is 2. The summed E-state index contributed by atoms with van der Waals surface area (Å²) in [5.41, 5.74) is 14.0. The normalized spacial score (nSPS) is 17.8. The molecule has 4 N–H and O–H groups in total. The van der Waals surface area contributed by atoms with Crippen LogP contribution in [0.3, 0.4) is 0 Å². The molecule has 8 aromatic rings. The second kappa shape index (κ2) is 30.1. The van der Waals surface area contributed by atoms with Crippen LogP contribution >= 0.6 is 23.2 Å². The Morgan fingerprint density at radius 2 is 0.880 bits per heavy atom. The van der Waals surface area contributed by atoms with E-state index in [-0.39, 0.29) is 24.8 Å². The van der Waals surface area contributed by atoms with Crippen LogP contribution in [0.1, 0.15) is 140 Å². The molecule has 32 heteroatoms. The van der Waals surface area contributed by atoms with Crippen molar-refractivity contribution in [2.45, 2.75) is 144 Å². The van der Waals surface area contributed by atoms with Gasteiger partial charge in [0.05, 0.1) is 58.7 Å². The number of benzene rings is 4. The first-order chi connectivity index (χ1) is 47.0. The van der Waals surface area contributed by atoms with Gasteiger partial charge in [0.1, 0.15) is 37.5 Å². The second-order valence-electron chi connectivity index (χ2n) is 26.9. The predicted octanol–water partition coefficient (Wildman–Crippen LogP) is 13.7. The number of alkyl halides is 8. The van der Waals surface area contributed by atoms with Crippen LogP contribution in [-0.4, -0.2) is 121 Å². The lowest BCUT2D eigenvalue weighted by Crippen LogP contribution is -2.47. The monoisotopic (exact) mass is 1430 g/mol. The van der Waals surface area contributed by atoms with E-state index in [2.05, 4.69) is 30.4 Å². The highest BCUT2D eigenvalue weighted by molar-refractivity contribution is 6.32. The van der Waals surface area contributed by atoms with Gasteiger partial charge >= 0.3 is 25.0 Å². The van der Waals surface area contributed by atoms with Crippen molar-refractivity contribution in [2.24, 2.45) is 44.1 Å². The average molecular weight is 1430 g/mol. The van der Waals surface area contributed by atoms with Crippen molar-refractivity contribution in [1.29, 1.82) is 0 Å². The number of hydrogen-bond donors (Lipinski definition) is 2. The first kappa shape index (κ1) is 74.6. The number of nitrogens with zero attached hydrogens (tertiary/aromatic N) is 14. The molecule has 2 aliphatic rings. The third kappa shape index (κ3) is 16.5. The highest BCUT2D eigenvalue weighted by Gasteiger charge is 2.55. The van der Waals surface area contributed by atoms with Gasteiger partial charge in [0.15, 0.2) is 23.0 Å². The fourth-order valence-electron chi connectivity index (χ4n) is 11.9. The molecule has 0 unspecified atom stereocenters. The summed E-state index contributed by atoms with van der Waals surface area (Å²) in [6.07, 6.45) is 1.68. The molecule has 10 rings (SSSR count). The van der Waals surface area contributed by atoms with Gasteiger partial charge in [-0.3, -0.25) is 29.0 Å². The summed E-state index contributed by atoms with van der Waals surface area (Å²) in [5.74, 6) is -4.53. The Morgan fingerprint density at radius 1 is 0.530 bits per heavy atom. The number of guanidine groups is 2. The highest BCUT2D eigenvalue weighted by atomic mass is 35.5. The number of carbonyl (C=O) groups excluding carboxylic acids is 4. The average Bonchev–Trinajstić information content (AvgIpc) is 1.59. The molecule has 0 saturated heterocycles. The molecule has 4 aromatic heterocycles. The van der Waals surface area contributed by atoms with E-state index in [0.717, 1.165) is 0 Å². The van der Waals surface area contributed by atoms with E-state index in [0.29, 0.717) is 86.9 Å². The van der Waals surface area contributed by atoms with Crippen LogP contribution in [-0.2, 0) is 39.7 Å². The zero-order valence-electron chi connectivity index (χ0n) is 56.1. The van der Waals surface area contributed by atoms with Crippen molar-refractivity contribution in [1.82, 2.24) is 58.9 Å². The van der Waals surface area contributed by atoms with Gasteiger partial charge in [0.2, 0.25) is 12.9 Å². The third-order valence-electron chi connectivity index (χ3n) is 16.7. The summed E-state index contributed by atoms with van der Waals surface area (Å²) >= 11 is 13.1. The second-order valence-corrected chi connectivity index (χ2v) is 27.7. The van der Waals surface area contributed by atoms with E-state index in [1.165, 1.54) is 70.5 Å². The molecule has 2 aliphatic heterocycles. The van der Waals surface area contributed by atoms with Crippen molar-refractivity contribution in [3.05, 3.63) is 166 Å². The maximum absolute atomic E-state index is 14.9. The first-order valence-electron chi connectivity index (χ1n) is 31.5. The predicted molar refractivity (Wildman–Crippen MR) is 355 cm³/mol. The Kier molecular flexibility index (Phi) is 22.5. The number of amides is 2. The fourth-order valence-corrected chi connectivity index (χ4v) is 12.3. The van der Waals surface area contributed by atoms with Gasteiger partial charge in [-0.05, 0) is 95.2 Å². The molecule has 6 heterocycles. The van der Waals surface area contributed by atoms with Crippen molar-refractivity contribution >= 4 is 58.9 Å². The highest BCUT2D eigenvalue weighted by Crippen LogP contribution is 2.48. The molecule has 0 spiro atoms. The number of rotatable bonds is 24. The smallest absolute Gasteiger partial charge is 0.333 e. The summed E-state index contributed by atoms with van der Waals surface area (Å²) < 4.78 is 121. The fraction of sp³-hybridized carbons (Fsp3) is 0.412. The molecule has 0 fully saturated rings. The molecule has 532 valence electrons. The molecule has 2 amide bonds. The molecule has 22 nitrogen and oxygen atoms in total. The summed E-state index contributed by atoms with van der Waals surface area (Å²) in [4.78, 5) is 75.5. The maximum atomic E-state index is 14.9. The minimum atomic E-state index is -2.80. The van der Waals surface area contributed by atoms with Crippen LogP contribution in [0.4, 0.5) is 35.1 Å². The number of aromatic nitrogens is 10. The largest absolute Gasteiger partial charge is 0.463 e. The Hall–Kier alpha value is -9.58. The zero-order chi connectivity index (χ0) is 73.1. The van der Waals surface area contributed by atoms with Crippen molar-refractivity contribution in [3.8, 4) is 33.6 Å². The minimum absolute atomic E-state index is 0.156. The lowest BCUT2D eigenvalue weighted by Gasteiger charge is -2.35. The third-order valence-corrected chi connectivity index (χ3v) is 17.3. The van der Waals surface area contributed by atoms with Crippen LogP contribution < -0.4 is 11.5 Å². The minimum Gasteiger partial charge on any atom is -0.463 e. The van der Waals surface area contributed by atoms with Crippen LogP contribution in [0.2, 0.25) is 10.0 Å². The zero-order valence-corrected chi connectivity index (χ0v) is 57.6. The van der Waals surface area contributed by atoms with Crippen LogP contribution in [0.25, 0.3) is 33.6 Å². The van der Waals surface area contributed by atoms with Crippen molar-refractivity contribution in [3.63, 3.8) is 0 Å². The molecule has 0 bridgehead atoms. The molecule has 4 aromatic carbocycles. The van der Waals surface area contributed by atoms with Crippen molar-refractivity contribution in [2.75, 3.05) is 13.2 Å². The number of hydrogen-bond acceptors (Lipinski definition) is 16. The first-order valence-corrected chi connectivity index (χ1v) is 32.2. The van der Waals surface area contributed by atoms with Gasteiger partial charge in [-0.1, -0.05) is 139 Å². The van der Waals surface area contributed by atoms with Crippen LogP contribution in [0.5, 0.6) is 0 Å². The van der Waals surface area contributed by atoms with Gasteiger partial charge in [-0.15, -0.1) is 0 Å². The number of esters is 2. The Bertz CT molecular complexity index is 4050. The van der Waals surface area contributed by atoms with E-state index in [4.69, 9.17) is 54.1 Å². The van der Waals surface area contributed by atoms with E-state index < -0.39 is 122 Å². The number of nitrogens with two attached hydrogens (primary N) is 2. The van der Waals surface area contributed by atoms with Gasteiger partial charge in [0, 0.05) is 35.4 Å². The Labute approximate surface area is 580 Å². The SMILES string of the molecule is Cc1ncnn1-c1cc([C@@H](COC(=O)C[C@@H](C)C(F)F)N2C(=O)[C@@](CC(C)(C)C)(c3ccc(-c4cnn(C(F)F)c4)cc3)N=C2N)ccc1Cl.Cc1ncnn1-c1cc([C@@H](COC(=O)C[C@H](C)C(F)F)N2C(=O)[C@@](CC(C)(C)C)(c3ccc(-c4cnn(C(F)F)c4)cc3)N=C2N)ccc1Cl. The summed E-state index contributed by atoms with van der Waals surface area (Å²) in [7, 11) is 0. The number of halogens is 10. The topological polar surface area (TPSA) is 267 Å². The molecule has 0 aliphatic carbocycles. The van der Waals surface area contributed by atoms with Gasteiger partial charge in [-0.25, -0.2) is 56.2 Å². The van der Waals surface area contributed by atoms with E-state index in [1.54, 1.807) is 98.8 Å². The molecule has 0 radical (unpaired) electrons. The molecule has 0 saturated carbocycles. The molecular formula is C68H74Cl2F8N16O6. The van der Waals surface area contributed by atoms with Crippen LogP contribution in [0, 0.1) is 36.5 Å². The molecule has 100 heavy (non-hydrogen) atoms. The number of carbonyl (C=O) groups is 4. The summed E-state index contributed by atoms with van der Waals surface area (Å²) in [5, 5.41) is 16.5. The van der Waals surface area contributed by atoms with Gasteiger partial charge in [0.25, 0.3) is 11.8 Å². The van der Waals surface area contributed by atoms with E-state index in [1.807, 2.05) is 41.5 Å². The maximum Gasteiger partial charge on any atom is 0.333 e.